The molecule has 0 aromatic heterocycles. The minimum atomic E-state index is -0.395. The van der Waals surface area contributed by atoms with Crippen LogP contribution in [0.3, 0.4) is 0 Å². The first-order chi connectivity index (χ1) is 15.5. The molecule has 6 heteroatoms. The molecule has 3 aromatic rings. The number of hydrogen-bond acceptors (Lipinski definition) is 5. The third-order valence-electron chi connectivity index (χ3n) is 5.10. The van der Waals surface area contributed by atoms with Gasteiger partial charge < -0.3 is 4.74 Å². The van der Waals surface area contributed by atoms with E-state index in [4.69, 9.17) is 9.73 Å². The highest BCUT2D eigenvalue weighted by atomic mass is 32.2. The maximum absolute atomic E-state index is 13.4. The van der Waals surface area contributed by atoms with Gasteiger partial charge in [0, 0.05) is 0 Å². The molecule has 0 N–H and O–H groups in total. The zero-order valence-corrected chi connectivity index (χ0v) is 18.8. The van der Waals surface area contributed by atoms with Crippen LogP contribution in [0.15, 0.2) is 82.7 Å². The van der Waals surface area contributed by atoms with Crippen molar-refractivity contribution in [3.05, 3.63) is 100.0 Å². The summed E-state index contributed by atoms with van der Waals surface area (Å²) in [5.74, 6) is -0.531. The molecule has 32 heavy (non-hydrogen) atoms. The Morgan fingerprint density at radius 3 is 2.22 bits per heavy atom. The van der Waals surface area contributed by atoms with Gasteiger partial charge in [-0.3, -0.25) is 9.69 Å². The number of rotatable bonds is 4. The van der Waals surface area contributed by atoms with E-state index < -0.39 is 5.97 Å². The molecule has 1 aliphatic rings. The largest absolute Gasteiger partial charge is 0.465 e. The number of nitrogens with zero attached hydrogens (tertiary/aromatic N) is 2. The normalized spacial score (nSPS) is 16.1. The van der Waals surface area contributed by atoms with Crippen molar-refractivity contribution in [3.8, 4) is 0 Å². The molecule has 0 radical (unpaired) electrons. The number of benzene rings is 3. The summed E-state index contributed by atoms with van der Waals surface area (Å²) in [5, 5.41) is 0.607. The molecule has 0 atom stereocenters. The van der Waals surface area contributed by atoms with Crippen molar-refractivity contribution in [1.82, 2.24) is 0 Å². The predicted molar refractivity (Wildman–Crippen MR) is 130 cm³/mol. The molecule has 0 saturated carbocycles. The molecule has 3 aromatic carbocycles. The van der Waals surface area contributed by atoms with Crippen LogP contribution in [0.2, 0.25) is 0 Å². The molecular formula is C26H22N2O3S. The minimum absolute atomic E-state index is 0.136. The van der Waals surface area contributed by atoms with E-state index in [1.807, 2.05) is 68.5 Å². The molecule has 1 saturated heterocycles. The molecule has 1 fully saturated rings. The van der Waals surface area contributed by atoms with Crippen LogP contribution in [0.25, 0.3) is 6.08 Å². The number of esters is 1. The molecule has 1 amide bonds. The van der Waals surface area contributed by atoms with Crippen LogP contribution in [0.4, 0.5) is 11.4 Å². The molecule has 1 aliphatic heterocycles. The van der Waals surface area contributed by atoms with Crippen LogP contribution in [0.5, 0.6) is 0 Å². The van der Waals surface area contributed by atoms with Gasteiger partial charge >= 0.3 is 5.97 Å². The number of hydrogen-bond donors (Lipinski definition) is 0. The Morgan fingerprint density at radius 1 is 0.938 bits per heavy atom. The summed E-state index contributed by atoms with van der Waals surface area (Å²) in [6, 6.07) is 22.5. The Bertz CT molecular complexity index is 1210. The van der Waals surface area contributed by atoms with Crippen molar-refractivity contribution in [2.45, 2.75) is 13.8 Å². The van der Waals surface area contributed by atoms with Crippen LogP contribution in [-0.2, 0) is 9.53 Å². The summed E-state index contributed by atoms with van der Waals surface area (Å²) in [4.78, 5) is 32.2. The standard InChI is InChI=1S/C26H22N2O3S/c1-17-8-7-9-18(2)23(17)27-26-28(21-10-5-4-6-11-21)24(29)22(32-26)16-19-12-14-20(15-13-19)25(30)31-3/h4-16H,1-3H3/b22-16-,27-26?. The van der Waals surface area contributed by atoms with Gasteiger partial charge in [-0.15, -0.1) is 0 Å². The van der Waals surface area contributed by atoms with E-state index in [-0.39, 0.29) is 5.91 Å². The lowest BCUT2D eigenvalue weighted by molar-refractivity contribution is -0.113. The highest BCUT2D eigenvalue weighted by Gasteiger charge is 2.34. The summed E-state index contributed by atoms with van der Waals surface area (Å²) in [5.41, 5.74) is 5.01. The van der Waals surface area contributed by atoms with E-state index in [1.54, 1.807) is 29.2 Å². The first kappa shape index (κ1) is 21.6. The van der Waals surface area contributed by atoms with Gasteiger partial charge in [0.05, 0.1) is 29.0 Å². The number of thioether (sulfide) groups is 1. The van der Waals surface area contributed by atoms with E-state index >= 15 is 0 Å². The number of methoxy groups -OCH3 is 1. The Labute approximate surface area is 191 Å². The number of ether oxygens (including phenoxy) is 1. The van der Waals surface area contributed by atoms with Gasteiger partial charge in [-0.25, -0.2) is 9.79 Å². The Hall–Kier alpha value is -3.64. The number of carbonyl (C=O) groups excluding carboxylic acids is 2. The highest BCUT2D eigenvalue weighted by Crippen LogP contribution is 2.38. The lowest BCUT2D eigenvalue weighted by Crippen LogP contribution is -2.28. The third kappa shape index (κ3) is 4.36. The fourth-order valence-corrected chi connectivity index (χ4v) is 4.40. The second-order valence-electron chi connectivity index (χ2n) is 7.34. The van der Waals surface area contributed by atoms with Gasteiger partial charge in [0.1, 0.15) is 0 Å². The van der Waals surface area contributed by atoms with Crippen molar-refractivity contribution in [1.29, 1.82) is 0 Å². The Morgan fingerprint density at radius 2 is 1.59 bits per heavy atom. The predicted octanol–water partition coefficient (Wildman–Crippen LogP) is 5.90. The summed E-state index contributed by atoms with van der Waals surface area (Å²) < 4.78 is 4.74. The number of carbonyl (C=O) groups is 2. The molecule has 0 spiro atoms. The van der Waals surface area contributed by atoms with Crippen LogP contribution in [0.1, 0.15) is 27.0 Å². The second kappa shape index (κ2) is 9.24. The second-order valence-corrected chi connectivity index (χ2v) is 8.34. The number of amidine groups is 1. The van der Waals surface area contributed by atoms with Gasteiger partial charge in [-0.2, -0.15) is 0 Å². The molecule has 160 valence electrons. The van der Waals surface area contributed by atoms with Gasteiger partial charge in [-0.1, -0.05) is 48.5 Å². The van der Waals surface area contributed by atoms with E-state index in [1.165, 1.54) is 18.9 Å². The zero-order chi connectivity index (χ0) is 22.7. The quantitative estimate of drug-likeness (QED) is 0.373. The first-order valence-corrected chi connectivity index (χ1v) is 10.9. The number of amides is 1. The van der Waals surface area contributed by atoms with Crippen LogP contribution >= 0.6 is 11.8 Å². The molecule has 0 aliphatic carbocycles. The molecule has 0 bridgehead atoms. The lowest BCUT2D eigenvalue weighted by atomic mass is 10.1. The van der Waals surface area contributed by atoms with E-state index in [2.05, 4.69) is 0 Å². The van der Waals surface area contributed by atoms with E-state index in [0.29, 0.717) is 15.6 Å². The van der Waals surface area contributed by atoms with E-state index in [9.17, 15) is 9.59 Å². The number of aryl methyl sites for hydroxylation is 2. The van der Waals surface area contributed by atoms with Gasteiger partial charge in [0.15, 0.2) is 5.17 Å². The van der Waals surface area contributed by atoms with Crippen molar-refractivity contribution in [3.63, 3.8) is 0 Å². The average molecular weight is 443 g/mol. The lowest BCUT2D eigenvalue weighted by Gasteiger charge is -2.16. The van der Waals surface area contributed by atoms with Crippen LogP contribution < -0.4 is 4.90 Å². The maximum atomic E-state index is 13.4. The molecule has 4 rings (SSSR count). The zero-order valence-electron chi connectivity index (χ0n) is 18.0. The SMILES string of the molecule is COC(=O)c1ccc(/C=C2\SC(=Nc3c(C)cccc3C)N(c3ccccc3)C2=O)cc1. The van der Waals surface area contributed by atoms with Crippen molar-refractivity contribution >= 4 is 46.3 Å². The molecule has 5 nitrogen and oxygen atoms in total. The summed E-state index contributed by atoms with van der Waals surface area (Å²) in [6.07, 6.45) is 1.82. The van der Waals surface area contributed by atoms with Gasteiger partial charge in [0.2, 0.25) is 0 Å². The smallest absolute Gasteiger partial charge is 0.337 e. The number of anilines is 1. The average Bonchev–Trinajstić information content (AvgIpc) is 3.11. The Balaban J connectivity index is 1.75. The topological polar surface area (TPSA) is 59.0 Å². The Kier molecular flexibility index (Phi) is 6.23. The maximum Gasteiger partial charge on any atom is 0.337 e. The van der Waals surface area contributed by atoms with Crippen molar-refractivity contribution < 1.29 is 14.3 Å². The van der Waals surface area contributed by atoms with Gasteiger partial charge in [-0.05, 0) is 72.6 Å². The fourth-order valence-electron chi connectivity index (χ4n) is 3.42. The number of aliphatic imine (C=N–C) groups is 1. The van der Waals surface area contributed by atoms with E-state index in [0.717, 1.165) is 28.1 Å². The first-order valence-electron chi connectivity index (χ1n) is 10.1. The summed E-state index contributed by atoms with van der Waals surface area (Å²) >= 11 is 1.34. The summed E-state index contributed by atoms with van der Waals surface area (Å²) in [6.45, 7) is 4.03. The fraction of sp³-hybridized carbons (Fsp3) is 0.115. The number of para-hydroxylation sites is 2. The van der Waals surface area contributed by atoms with Crippen LogP contribution in [-0.4, -0.2) is 24.2 Å². The van der Waals surface area contributed by atoms with Gasteiger partial charge in [0.25, 0.3) is 5.91 Å². The van der Waals surface area contributed by atoms with Crippen LogP contribution in [0, 0.1) is 13.8 Å². The third-order valence-corrected chi connectivity index (χ3v) is 6.07. The molecule has 0 unspecified atom stereocenters. The minimum Gasteiger partial charge on any atom is -0.465 e. The monoisotopic (exact) mass is 442 g/mol. The summed E-state index contributed by atoms with van der Waals surface area (Å²) in [7, 11) is 1.35. The molecular weight excluding hydrogens is 420 g/mol. The molecule has 1 heterocycles. The highest BCUT2D eigenvalue weighted by molar-refractivity contribution is 8.19. The van der Waals surface area contributed by atoms with Crippen molar-refractivity contribution in [2.24, 2.45) is 4.99 Å². The van der Waals surface area contributed by atoms with Crippen molar-refractivity contribution in [2.75, 3.05) is 12.0 Å².